The van der Waals surface area contributed by atoms with Crippen molar-refractivity contribution in [3.63, 3.8) is 0 Å². The molecular weight excluding hydrogens is 621 g/mol. The molecule has 2 heterocycles. The van der Waals surface area contributed by atoms with Crippen LogP contribution in [0, 0.1) is 43.4 Å². The van der Waals surface area contributed by atoms with Crippen LogP contribution in [0.15, 0.2) is 140 Å². The molecule has 7 aromatic carbocycles. The highest BCUT2D eigenvalue weighted by atomic mass is 15.0. The van der Waals surface area contributed by atoms with E-state index >= 15 is 0 Å². The van der Waals surface area contributed by atoms with Crippen molar-refractivity contribution in [3.05, 3.63) is 167 Å². The molecule has 51 heavy (non-hydrogen) atoms. The first kappa shape index (κ1) is 30.2. The Hall–Kier alpha value is -6.88. The predicted octanol–water partition coefficient (Wildman–Crippen LogP) is 11.9. The van der Waals surface area contributed by atoms with Crippen LogP contribution < -0.4 is 0 Å². The molecule has 0 atom stereocenters. The fourth-order valence-electron chi connectivity index (χ4n) is 7.89. The summed E-state index contributed by atoms with van der Waals surface area (Å²) in [5.74, 6) is 0. The van der Waals surface area contributed by atoms with Crippen molar-refractivity contribution in [1.82, 2.24) is 9.13 Å². The van der Waals surface area contributed by atoms with Gasteiger partial charge in [0, 0.05) is 32.8 Å². The van der Waals surface area contributed by atoms with E-state index in [1.807, 2.05) is 30.3 Å². The van der Waals surface area contributed by atoms with Gasteiger partial charge in [0.2, 0.25) is 0 Å². The number of rotatable bonds is 4. The summed E-state index contributed by atoms with van der Waals surface area (Å²) in [6.07, 6.45) is 0. The van der Waals surface area contributed by atoms with E-state index in [4.69, 9.17) is 0 Å². The summed E-state index contributed by atoms with van der Waals surface area (Å²) in [6, 6.07) is 53.7. The Morgan fingerprint density at radius 3 is 1.61 bits per heavy atom. The number of nitrogens with zero attached hydrogens (tertiary/aromatic N) is 4. The van der Waals surface area contributed by atoms with Crippen LogP contribution in [0.2, 0.25) is 0 Å². The van der Waals surface area contributed by atoms with E-state index in [1.54, 1.807) is 0 Å². The molecule has 0 fully saturated rings. The summed E-state index contributed by atoms with van der Waals surface area (Å²) in [6.45, 7) is 6.33. The average molecular weight is 653 g/mol. The lowest BCUT2D eigenvalue weighted by Gasteiger charge is -2.20. The van der Waals surface area contributed by atoms with Gasteiger partial charge < -0.3 is 9.13 Å². The first-order valence-electron chi connectivity index (χ1n) is 17.1. The van der Waals surface area contributed by atoms with Crippen molar-refractivity contribution in [2.45, 2.75) is 20.8 Å². The summed E-state index contributed by atoms with van der Waals surface area (Å²) in [5, 5.41) is 24.8. The van der Waals surface area contributed by atoms with Gasteiger partial charge in [-0.15, -0.1) is 0 Å². The lowest BCUT2D eigenvalue weighted by atomic mass is 9.89. The first-order chi connectivity index (χ1) is 24.9. The fraction of sp³-hybridized carbons (Fsp3) is 0.0638. The standard InChI is InChI=1S/C47H32N4/c1-29-12-19-45-40(22-29)37-8-4-6-10-43(37)50(45)34-16-18-36(35-17-14-32(27-48)24-31(35)3)39(26-34)42-25-33(28-49)15-21-47(42)51-44-11-7-5-9-38(44)41-23-30(2)13-20-46(41)51/h4-26H,1-3H3. The highest BCUT2D eigenvalue weighted by molar-refractivity contribution is 6.11. The van der Waals surface area contributed by atoms with Crippen molar-refractivity contribution in [2.75, 3.05) is 0 Å². The Morgan fingerprint density at radius 1 is 0.412 bits per heavy atom. The van der Waals surface area contributed by atoms with Crippen molar-refractivity contribution in [3.8, 4) is 45.8 Å². The molecular formula is C47H32N4. The molecule has 0 aliphatic heterocycles. The smallest absolute Gasteiger partial charge is 0.0991 e. The van der Waals surface area contributed by atoms with E-state index in [0.717, 1.165) is 61.3 Å². The second-order valence-corrected chi connectivity index (χ2v) is 13.5. The van der Waals surface area contributed by atoms with E-state index in [1.165, 1.54) is 32.7 Å². The Kier molecular flexibility index (Phi) is 6.88. The summed E-state index contributed by atoms with van der Waals surface area (Å²) >= 11 is 0. The van der Waals surface area contributed by atoms with Crippen LogP contribution in [0.5, 0.6) is 0 Å². The Bertz CT molecular complexity index is 2980. The molecule has 0 saturated heterocycles. The van der Waals surface area contributed by atoms with Crippen molar-refractivity contribution < 1.29 is 0 Å². The predicted molar refractivity (Wildman–Crippen MR) is 210 cm³/mol. The van der Waals surface area contributed by atoms with E-state index in [2.05, 4.69) is 151 Å². The molecule has 4 heteroatoms. The molecule has 0 spiro atoms. The number of benzene rings is 7. The van der Waals surface area contributed by atoms with Crippen molar-refractivity contribution in [2.24, 2.45) is 0 Å². The van der Waals surface area contributed by atoms with Crippen molar-refractivity contribution >= 4 is 43.6 Å². The van der Waals surface area contributed by atoms with Gasteiger partial charge in [0.1, 0.15) is 0 Å². The van der Waals surface area contributed by atoms with Gasteiger partial charge >= 0.3 is 0 Å². The molecule has 0 aliphatic carbocycles. The monoisotopic (exact) mass is 652 g/mol. The van der Waals surface area contributed by atoms with Gasteiger partial charge in [-0.25, -0.2) is 0 Å². The van der Waals surface area contributed by atoms with Gasteiger partial charge in [-0.3, -0.25) is 0 Å². The van der Waals surface area contributed by atoms with Crippen LogP contribution in [0.4, 0.5) is 0 Å². The Balaban J connectivity index is 1.41. The zero-order chi connectivity index (χ0) is 34.8. The van der Waals surface area contributed by atoms with Gasteiger partial charge in [-0.2, -0.15) is 10.5 Å². The maximum absolute atomic E-state index is 10.3. The zero-order valence-electron chi connectivity index (χ0n) is 28.6. The minimum Gasteiger partial charge on any atom is -0.309 e. The second-order valence-electron chi connectivity index (χ2n) is 13.5. The third kappa shape index (κ3) is 4.73. The molecule has 240 valence electrons. The quantitative estimate of drug-likeness (QED) is 0.190. The van der Waals surface area contributed by atoms with Crippen LogP contribution in [-0.4, -0.2) is 9.13 Å². The number of aromatic nitrogens is 2. The molecule has 2 aromatic heterocycles. The highest BCUT2D eigenvalue weighted by Crippen LogP contribution is 2.43. The molecule has 0 amide bonds. The Morgan fingerprint density at radius 2 is 0.961 bits per heavy atom. The molecule has 0 saturated carbocycles. The summed E-state index contributed by atoms with van der Waals surface area (Å²) < 4.78 is 4.69. The van der Waals surface area contributed by atoms with Gasteiger partial charge in [0.15, 0.2) is 0 Å². The number of fused-ring (bicyclic) bond motifs is 6. The number of hydrogen-bond donors (Lipinski definition) is 0. The minimum atomic E-state index is 0.589. The lowest BCUT2D eigenvalue weighted by Crippen LogP contribution is -2.01. The number of para-hydroxylation sites is 2. The van der Waals surface area contributed by atoms with E-state index < -0.39 is 0 Å². The number of aryl methyl sites for hydroxylation is 3. The van der Waals surface area contributed by atoms with Crippen LogP contribution >= 0.6 is 0 Å². The molecule has 4 nitrogen and oxygen atoms in total. The van der Waals surface area contributed by atoms with Crippen LogP contribution in [0.3, 0.4) is 0 Å². The molecule has 0 aliphatic rings. The third-order valence-corrected chi connectivity index (χ3v) is 10.2. The molecule has 0 unspecified atom stereocenters. The summed E-state index contributed by atoms with van der Waals surface area (Å²) in [4.78, 5) is 0. The SMILES string of the molecule is Cc1ccc2c(c1)c1ccccc1n2-c1ccc(-c2ccc(C#N)cc2C)c(-c2cc(C#N)ccc2-n2c3ccccc3c3cc(C)ccc32)c1. The first-order valence-corrected chi connectivity index (χ1v) is 17.1. The zero-order valence-corrected chi connectivity index (χ0v) is 28.6. The highest BCUT2D eigenvalue weighted by Gasteiger charge is 2.21. The lowest BCUT2D eigenvalue weighted by molar-refractivity contribution is 1.17. The van der Waals surface area contributed by atoms with Gasteiger partial charge in [0.05, 0.1) is 51.0 Å². The summed E-state index contributed by atoms with van der Waals surface area (Å²) in [5.41, 5.74) is 15.2. The largest absolute Gasteiger partial charge is 0.309 e. The number of nitriles is 2. The molecule has 0 bridgehead atoms. The fourth-order valence-corrected chi connectivity index (χ4v) is 7.89. The third-order valence-electron chi connectivity index (χ3n) is 10.2. The topological polar surface area (TPSA) is 57.4 Å². The Labute approximate surface area is 296 Å². The average Bonchev–Trinajstić information content (AvgIpc) is 3.66. The number of hydrogen-bond acceptors (Lipinski definition) is 2. The second kappa shape index (κ2) is 11.6. The van der Waals surface area contributed by atoms with Crippen LogP contribution in [0.1, 0.15) is 27.8 Å². The maximum Gasteiger partial charge on any atom is 0.0991 e. The molecule has 0 N–H and O–H groups in total. The molecule has 0 radical (unpaired) electrons. The van der Waals surface area contributed by atoms with E-state index in [-0.39, 0.29) is 0 Å². The van der Waals surface area contributed by atoms with E-state index in [0.29, 0.717) is 11.1 Å². The van der Waals surface area contributed by atoms with Crippen LogP contribution in [0.25, 0.3) is 77.2 Å². The minimum absolute atomic E-state index is 0.589. The normalized spacial score (nSPS) is 11.4. The van der Waals surface area contributed by atoms with Crippen LogP contribution in [-0.2, 0) is 0 Å². The van der Waals surface area contributed by atoms with Gasteiger partial charge in [-0.05, 0) is 122 Å². The van der Waals surface area contributed by atoms with Gasteiger partial charge in [0.25, 0.3) is 0 Å². The van der Waals surface area contributed by atoms with Crippen molar-refractivity contribution in [1.29, 1.82) is 10.5 Å². The summed E-state index contributed by atoms with van der Waals surface area (Å²) in [7, 11) is 0. The van der Waals surface area contributed by atoms with Gasteiger partial charge in [-0.1, -0.05) is 71.8 Å². The molecule has 9 aromatic rings. The molecule has 9 rings (SSSR count). The maximum atomic E-state index is 10.3. The van der Waals surface area contributed by atoms with E-state index in [9.17, 15) is 10.5 Å².